The number of nitrogens with one attached hydrogen (secondary N) is 2. The summed E-state index contributed by atoms with van der Waals surface area (Å²) in [7, 11) is -3.79. The molecule has 5 nitrogen and oxygen atoms in total. The molecule has 0 bridgehead atoms. The summed E-state index contributed by atoms with van der Waals surface area (Å²) in [6.45, 7) is 2.26. The number of amides is 1. The van der Waals surface area contributed by atoms with Gasteiger partial charge in [-0.2, -0.15) is 0 Å². The Bertz CT molecular complexity index is 957. The number of rotatable bonds is 6. The van der Waals surface area contributed by atoms with E-state index >= 15 is 0 Å². The van der Waals surface area contributed by atoms with E-state index in [4.69, 9.17) is 23.2 Å². The Morgan fingerprint density at radius 3 is 2.50 bits per heavy atom. The van der Waals surface area contributed by atoms with Gasteiger partial charge in [0.25, 0.3) is 5.91 Å². The van der Waals surface area contributed by atoms with E-state index < -0.39 is 15.9 Å². The maximum Gasteiger partial charge on any atom is 0.253 e. The van der Waals surface area contributed by atoms with Gasteiger partial charge in [-0.1, -0.05) is 47.5 Å². The Morgan fingerprint density at radius 2 is 1.85 bits per heavy atom. The van der Waals surface area contributed by atoms with Crippen molar-refractivity contribution in [2.75, 3.05) is 0 Å². The van der Waals surface area contributed by atoms with Crippen molar-refractivity contribution in [2.24, 2.45) is 0 Å². The van der Waals surface area contributed by atoms with Crippen molar-refractivity contribution < 1.29 is 13.2 Å². The van der Waals surface area contributed by atoms with Gasteiger partial charge in [-0.15, -0.1) is 0 Å². The van der Waals surface area contributed by atoms with Crippen molar-refractivity contribution in [3.8, 4) is 0 Å². The van der Waals surface area contributed by atoms with Gasteiger partial charge in [0.05, 0.1) is 15.6 Å². The van der Waals surface area contributed by atoms with E-state index in [9.17, 15) is 13.2 Å². The SMILES string of the molecule is Cc1ccccc1CNC(=O)c1cc(S(=O)(=O)NC2CC2)c(Cl)cc1Cl. The lowest BCUT2D eigenvalue weighted by Gasteiger charge is -2.12. The quantitative estimate of drug-likeness (QED) is 0.759. The van der Waals surface area contributed by atoms with Gasteiger partial charge in [0.15, 0.2) is 0 Å². The van der Waals surface area contributed by atoms with Gasteiger partial charge in [0.2, 0.25) is 10.0 Å². The lowest BCUT2D eigenvalue weighted by molar-refractivity contribution is 0.0951. The number of benzene rings is 2. The predicted octanol–water partition coefficient (Wildman–Crippen LogP) is 3.67. The first-order valence-corrected chi connectivity index (χ1v) is 10.4. The summed E-state index contributed by atoms with van der Waals surface area (Å²) in [5.74, 6) is -0.460. The summed E-state index contributed by atoms with van der Waals surface area (Å²) < 4.78 is 27.4. The number of carbonyl (C=O) groups is 1. The van der Waals surface area contributed by atoms with Gasteiger partial charge in [0, 0.05) is 12.6 Å². The van der Waals surface area contributed by atoms with Crippen molar-refractivity contribution in [1.29, 1.82) is 0 Å². The number of hydrogen-bond donors (Lipinski definition) is 2. The first-order valence-electron chi connectivity index (χ1n) is 8.12. The minimum atomic E-state index is -3.79. The zero-order chi connectivity index (χ0) is 18.9. The van der Waals surface area contributed by atoms with Gasteiger partial charge in [-0.25, -0.2) is 13.1 Å². The maximum absolute atomic E-state index is 12.5. The molecule has 0 aromatic heterocycles. The monoisotopic (exact) mass is 412 g/mol. The molecule has 1 saturated carbocycles. The van der Waals surface area contributed by atoms with Crippen LogP contribution in [0.4, 0.5) is 0 Å². The summed E-state index contributed by atoms with van der Waals surface area (Å²) in [6.07, 6.45) is 1.60. The second kappa shape index (κ2) is 7.56. The number of sulfonamides is 1. The molecule has 0 aliphatic heterocycles. The molecule has 2 aromatic carbocycles. The minimum absolute atomic E-state index is 0.0152. The highest BCUT2D eigenvalue weighted by molar-refractivity contribution is 7.89. The van der Waals surface area contributed by atoms with E-state index in [-0.39, 0.29) is 26.5 Å². The number of carbonyl (C=O) groups excluding carboxylic acids is 1. The molecule has 0 atom stereocenters. The zero-order valence-electron chi connectivity index (χ0n) is 14.1. The molecule has 1 aliphatic rings. The van der Waals surface area contributed by atoms with E-state index in [0.29, 0.717) is 6.54 Å². The maximum atomic E-state index is 12.5. The van der Waals surface area contributed by atoms with Gasteiger partial charge < -0.3 is 5.32 Å². The van der Waals surface area contributed by atoms with E-state index in [0.717, 1.165) is 24.0 Å². The second-order valence-electron chi connectivity index (χ2n) is 6.27. The van der Waals surface area contributed by atoms with Crippen LogP contribution in [0.2, 0.25) is 10.0 Å². The number of hydrogen-bond acceptors (Lipinski definition) is 3. The summed E-state index contributed by atoms with van der Waals surface area (Å²) in [6, 6.07) is 10.1. The highest BCUT2D eigenvalue weighted by Gasteiger charge is 2.30. The van der Waals surface area contributed by atoms with E-state index in [1.54, 1.807) is 0 Å². The molecule has 2 aromatic rings. The summed E-state index contributed by atoms with van der Waals surface area (Å²) in [5, 5.41) is 2.85. The van der Waals surface area contributed by atoms with Crippen LogP contribution < -0.4 is 10.0 Å². The molecule has 1 fully saturated rings. The molecule has 8 heteroatoms. The molecule has 26 heavy (non-hydrogen) atoms. The van der Waals surface area contributed by atoms with Crippen LogP contribution in [-0.4, -0.2) is 20.4 Å². The predicted molar refractivity (Wildman–Crippen MR) is 102 cm³/mol. The Kier molecular flexibility index (Phi) is 5.58. The van der Waals surface area contributed by atoms with Crippen molar-refractivity contribution in [2.45, 2.75) is 37.2 Å². The largest absolute Gasteiger partial charge is 0.348 e. The second-order valence-corrected chi connectivity index (χ2v) is 8.76. The topological polar surface area (TPSA) is 75.3 Å². The molecular weight excluding hydrogens is 395 g/mol. The molecule has 138 valence electrons. The van der Waals surface area contributed by atoms with Crippen molar-refractivity contribution in [3.63, 3.8) is 0 Å². The summed E-state index contributed by atoms with van der Waals surface area (Å²) in [4.78, 5) is 12.4. The Balaban J connectivity index is 1.83. The molecule has 0 spiro atoms. The average Bonchev–Trinajstić information content (AvgIpc) is 3.37. The minimum Gasteiger partial charge on any atom is -0.348 e. The van der Waals surface area contributed by atoms with Crippen LogP contribution in [0.15, 0.2) is 41.3 Å². The van der Waals surface area contributed by atoms with Crippen LogP contribution in [0.3, 0.4) is 0 Å². The van der Waals surface area contributed by atoms with Gasteiger partial charge in [0.1, 0.15) is 4.90 Å². The number of halogens is 2. The van der Waals surface area contributed by atoms with Crippen molar-refractivity contribution in [1.82, 2.24) is 10.0 Å². The first kappa shape index (κ1) is 19.2. The smallest absolute Gasteiger partial charge is 0.253 e. The van der Waals surface area contributed by atoms with Crippen LogP contribution in [0.25, 0.3) is 0 Å². The molecule has 0 saturated heterocycles. The molecular formula is C18H18Cl2N2O3S. The zero-order valence-corrected chi connectivity index (χ0v) is 16.4. The van der Waals surface area contributed by atoms with E-state index in [1.165, 1.54) is 12.1 Å². The van der Waals surface area contributed by atoms with Crippen LogP contribution in [-0.2, 0) is 16.6 Å². The summed E-state index contributed by atoms with van der Waals surface area (Å²) >= 11 is 12.2. The normalized spacial score (nSPS) is 14.3. The molecule has 3 rings (SSSR count). The molecule has 0 heterocycles. The molecule has 0 unspecified atom stereocenters. The highest BCUT2D eigenvalue weighted by Crippen LogP contribution is 2.30. The molecule has 2 N–H and O–H groups in total. The fourth-order valence-corrected chi connectivity index (χ4v) is 4.64. The number of aryl methyl sites for hydroxylation is 1. The Morgan fingerprint density at radius 1 is 1.15 bits per heavy atom. The van der Waals surface area contributed by atoms with Crippen LogP contribution in [0.1, 0.15) is 34.3 Å². The van der Waals surface area contributed by atoms with Crippen molar-refractivity contribution in [3.05, 3.63) is 63.1 Å². The van der Waals surface area contributed by atoms with E-state index in [2.05, 4.69) is 10.0 Å². The Hall–Kier alpha value is -1.60. The fraction of sp³-hybridized carbons (Fsp3) is 0.278. The third-order valence-corrected chi connectivity index (χ3v) is 6.45. The molecule has 1 aliphatic carbocycles. The first-order chi connectivity index (χ1) is 12.3. The fourth-order valence-electron chi connectivity index (χ4n) is 2.47. The highest BCUT2D eigenvalue weighted by atomic mass is 35.5. The van der Waals surface area contributed by atoms with Crippen LogP contribution in [0.5, 0.6) is 0 Å². The Labute approximate surface area is 162 Å². The third-order valence-electron chi connectivity index (χ3n) is 4.16. The van der Waals surface area contributed by atoms with Gasteiger partial charge in [-0.3, -0.25) is 4.79 Å². The molecule has 1 amide bonds. The van der Waals surface area contributed by atoms with Crippen LogP contribution in [0, 0.1) is 6.92 Å². The van der Waals surface area contributed by atoms with Crippen molar-refractivity contribution >= 4 is 39.1 Å². The van der Waals surface area contributed by atoms with Crippen LogP contribution >= 0.6 is 23.2 Å². The standard InChI is InChI=1S/C18H18Cl2N2O3S/c1-11-4-2-3-5-12(11)10-21-18(23)14-8-17(16(20)9-15(14)19)26(24,25)22-13-6-7-13/h2-5,8-9,13,22H,6-7,10H2,1H3,(H,21,23). The summed E-state index contributed by atoms with van der Waals surface area (Å²) in [5.41, 5.74) is 2.09. The van der Waals surface area contributed by atoms with E-state index in [1.807, 2.05) is 31.2 Å². The third kappa shape index (κ3) is 4.38. The average molecular weight is 413 g/mol. The van der Waals surface area contributed by atoms with Gasteiger partial charge in [-0.05, 0) is 43.0 Å². The lowest BCUT2D eigenvalue weighted by atomic mass is 10.1. The lowest BCUT2D eigenvalue weighted by Crippen LogP contribution is -2.27. The molecule has 0 radical (unpaired) electrons. The van der Waals surface area contributed by atoms with Gasteiger partial charge >= 0.3 is 0 Å².